The minimum atomic E-state index is -1.07. The third-order valence-corrected chi connectivity index (χ3v) is 4.37. The molecule has 0 saturated carbocycles. The number of halogens is 2. The zero-order valence-corrected chi connectivity index (χ0v) is 13.9. The molecule has 1 aliphatic heterocycles. The molecule has 0 spiro atoms. The van der Waals surface area contributed by atoms with Crippen molar-refractivity contribution in [1.29, 1.82) is 0 Å². The maximum absolute atomic E-state index is 11.9. The van der Waals surface area contributed by atoms with Crippen LogP contribution in [0.15, 0.2) is 30.9 Å². The molecule has 0 unspecified atom stereocenters. The van der Waals surface area contributed by atoms with Crippen molar-refractivity contribution >= 4 is 29.4 Å². The van der Waals surface area contributed by atoms with Gasteiger partial charge in [-0.05, 0) is 18.6 Å². The molecule has 0 aliphatic carbocycles. The second-order valence-corrected chi connectivity index (χ2v) is 6.20. The minimum absolute atomic E-state index is 0.255. The summed E-state index contributed by atoms with van der Waals surface area (Å²) in [5, 5.41) is 5.03. The average Bonchev–Trinajstić information content (AvgIpc) is 3.08. The number of aromatic nitrogens is 3. The van der Waals surface area contributed by atoms with Gasteiger partial charge in [0.05, 0.1) is 6.54 Å². The second kappa shape index (κ2) is 6.37. The highest BCUT2D eigenvalue weighted by molar-refractivity contribution is 6.35. The molecule has 0 N–H and O–H groups in total. The van der Waals surface area contributed by atoms with Gasteiger partial charge in [0.25, 0.3) is 0 Å². The van der Waals surface area contributed by atoms with E-state index in [4.69, 9.17) is 32.7 Å². The number of hydrogen-bond acceptors (Lipinski definition) is 5. The highest BCUT2D eigenvalue weighted by Crippen LogP contribution is 2.44. The van der Waals surface area contributed by atoms with Gasteiger partial charge < -0.3 is 9.47 Å². The van der Waals surface area contributed by atoms with Crippen molar-refractivity contribution in [2.75, 3.05) is 0 Å². The number of hydrogen-bond donors (Lipinski definition) is 0. The minimum Gasteiger partial charge on any atom is -0.426 e. The molecule has 2 atom stereocenters. The van der Waals surface area contributed by atoms with Gasteiger partial charge in [-0.2, -0.15) is 5.10 Å². The summed E-state index contributed by atoms with van der Waals surface area (Å²) in [6.07, 6.45) is 3.26. The molecule has 0 bridgehead atoms. The van der Waals surface area contributed by atoms with Crippen molar-refractivity contribution in [2.45, 2.75) is 38.0 Å². The van der Waals surface area contributed by atoms with Gasteiger partial charge in [-0.3, -0.25) is 0 Å². The Morgan fingerprint density at radius 2 is 2.22 bits per heavy atom. The first kappa shape index (κ1) is 16.1. The Kier molecular flexibility index (Phi) is 4.46. The van der Waals surface area contributed by atoms with Crippen molar-refractivity contribution < 1.29 is 14.3 Å². The van der Waals surface area contributed by atoms with E-state index in [0.717, 1.165) is 6.42 Å². The van der Waals surface area contributed by atoms with Gasteiger partial charge in [0.2, 0.25) is 0 Å². The van der Waals surface area contributed by atoms with E-state index < -0.39 is 17.9 Å². The first-order valence-corrected chi connectivity index (χ1v) is 7.98. The molecule has 1 aromatic heterocycles. The fraction of sp³-hybridized carbons (Fsp3) is 0.400. The van der Waals surface area contributed by atoms with Gasteiger partial charge in [0.15, 0.2) is 11.7 Å². The van der Waals surface area contributed by atoms with Gasteiger partial charge in [-0.1, -0.05) is 42.6 Å². The van der Waals surface area contributed by atoms with E-state index in [1.165, 1.54) is 6.33 Å². The van der Waals surface area contributed by atoms with Crippen molar-refractivity contribution in [1.82, 2.24) is 14.8 Å². The Balaban J connectivity index is 2.10. The third-order valence-electron chi connectivity index (χ3n) is 3.83. The molecule has 2 aromatic rings. The van der Waals surface area contributed by atoms with Crippen LogP contribution in [-0.4, -0.2) is 27.0 Å². The van der Waals surface area contributed by atoms with Crippen LogP contribution in [0.1, 0.15) is 25.3 Å². The van der Waals surface area contributed by atoms with Crippen molar-refractivity contribution in [3.05, 3.63) is 46.5 Å². The lowest BCUT2D eigenvalue weighted by Gasteiger charge is -2.31. The fourth-order valence-corrected chi connectivity index (χ4v) is 3.41. The van der Waals surface area contributed by atoms with Crippen LogP contribution in [-0.2, 0) is 21.6 Å². The zero-order valence-electron chi connectivity index (χ0n) is 12.4. The normalized spacial score (nSPS) is 23.6. The standard InChI is InChI=1S/C15H15Cl2N3O3/c1-2-3-13-15(23-14(21)22-13,7-20-9-18-8-19-20)11-5-4-10(16)6-12(11)17/h4-6,8-9,13H,2-3,7H2,1H3/t13-,15-/m1/s1. The third kappa shape index (κ3) is 3.01. The quantitative estimate of drug-likeness (QED) is 0.762. The largest absolute Gasteiger partial charge is 0.509 e. The van der Waals surface area contributed by atoms with Crippen LogP contribution in [0.2, 0.25) is 10.0 Å². The van der Waals surface area contributed by atoms with Crippen LogP contribution in [0.5, 0.6) is 0 Å². The summed E-state index contributed by atoms with van der Waals surface area (Å²) >= 11 is 12.4. The summed E-state index contributed by atoms with van der Waals surface area (Å²) in [5.74, 6) is 0. The molecular weight excluding hydrogens is 341 g/mol. The summed E-state index contributed by atoms with van der Waals surface area (Å²) in [5.41, 5.74) is -0.425. The maximum Gasteiger partial charge on any atom is 0.509 e. The van der Waals surface area contributed by atoms with E-state index in [9.17, 15) is 4.79 Å². The molecule has 1 aromatic carbocycles. The number of benzene rings is 1. The summed E-state index contributed by atoms with van der Waals surface area (Å²) in [6, 6.07) is 5.09. The highest BCUT2D eigenvalue weighted by Gasteiger charge is 2.53. The van der Waals surface area contributed by atoms with Crippen molar-refractivity contribution in [3.63, 3.8) is 0 Å². The number of nitrogens with zero attached hydrogens (tertiary/aromatic N) is 3. The molecule has 0 amide bonds. The Labute approximate surface area is 143 Å². The van der Waals surface area contributed by atoms with Crippen LogP contribution < -0.4 is 0 Å². The Bertz CT molecular complexity index is 708. The van der Waals surface area contributed by atoms with E-state index in [1.807, 2.05) is 6.92 Å². The van der Waals surface area contributed by atoms with Gasteiger partial charge in [-0.25, -0.2) is 14.5 Å². The smallest absolute Gasteiger partial charge is 0.426 e. The summed E-state index contributed by atoms with van der Waals surface area (Å²) in [7, 11) is 0. The van der Waals surface area contributed by atoms with Crippen LogP contribution >= 0.6 is 23.2 Å². The Morgan fingerprint density at radius 3 is 2.87 bits per heavy atom. The average molecular weight is 356 g/mol. The lowest BCUT2D eigenvalue weighted by molar-refractivity contribution is 0.00136. The van der Waals surface area contributed by atoms with E-state index >= 15 is 0 Å². The highest BCUT2D eigenvalue weighted by atomic mass is 35.5. The molecule has 3 rings (SSSR count). The second-order valence-electron chi connectivity index (χ2n) is 5.35. The molecule has 1 fully saturated rings. The molecule has 0 radical (unpaired) electrons. The summed E-state index contributed by atoms with van der Waals surface area (Å²) in [6.45, 7) is 2.26. The SMILES string of the molecule is CCC[C@H]1OC(=O)O[C@]1(Cn1cncn1)c1ccc(Cl)cc1Cl. The Morgan fingerprint density at radius 1 is 1.39 bits per heavy atom. The van der Waals surface area contributed by atoms with E-state index in [-0.39, 0.29) is 6.54 Å². The number of carbonyl (C=O) groups is 1. The number of rotatable bonds is 5. The van der Waals surface area contributed by atoms with Crippen LogP contribution in [0.4, 0.5) is 4.79 Å². The topological polar surface area (TPSA) is 66.2 Å². The predicted molar refractivity (Wildman–Crippen MR) is 84.4 cm³/mol. The molecule has 1 aliphatic rings. The van der Waals surface area contributed by atoms with Crippen molar-refractivity contribution in [2.24, 2.45) is 0 Å². The van der Waals surface area contributed by atoms with E-state index in [0.29, 0.717) is 22.0 Å². The van der Waals surface area contributed by atoms with Gasteiger partial charge in [0.1, 0.15) is 12.7 Å². The summed E-state index contributed by atoms with van der Waals surface area (Å²) < 4.78 is 12.6. The zero-order chi connectivity index (χ0) is 16.4. The van der Waals surface area contributed by atoms with Gasteiger partial charge in [-0.15, -0.1) is 0 Å². The molecule has 1 saturated heterocycles. The van der Waals surface area contributed by atoms with Crippen LogP contribution in [0.25, 0.3) is 0 Å². The molecule has 8 heteroatoms. The van der Waals surface area contributed by atoms with Crippen molar-refractivity contribution in [3.8, 4) is 0 Å². The summed E-state index contributed by atoms with van der Waals surface area (Å²) in [4.78, 5) is 15.8. The predicted octanol–water partition coefficient (Wildman–Crippen LogP) is 3.82. The lowest BCUT2D eigenvalue weighted by Crippen LogP contribution is -2.41. The monoisotopic (exact) mass is 355 g/mol. The van der Waals surface area contributed by atoms with E-state index in [2.05, 4.69) is 10.1 Å². The molecule has 2 heterocycles. The lowest BCUT2D eigenvalue weighted by atomic mass is 9.85. The van der Waals surface area contributed by atoms with Gasteiger partial charge in [0, 0.05) is 15.6 Å². The van der Waals surface area contributed by atoms with Crippen LogP contribution in [0.3, 0.4) is 0 Å². The molecule has 122 valence electrons. The molecule has 23 heavy (non-hydrogen) atoms. The number of carbonyl (C=O) groups excluding carboxylic acids is 1. The van der Waals surface area contributed by atoms with Gasteiger partial charge >= 0.3 is 6.16 Å². The first-order chi connectivity index (χ1) is 11.0. The molecule has 6 nitrogen and oxygen atoms in total. The number of cyclic esters (lactones) is 2. The maximum atomic E-state index is 11.9. The number of ether oxygens (including phenoxy) is 2. The van der Waals surface area contributed by atoms with E-state index in [1.54, 1.807) is 29.2 Å². The fourth-order valence-electron chi connectivity index (χ4n) is 2.84. The first-order valence-electron chi connectivity index (χ1n) is 7.22. The molecular formula is C15H15Cl2N3O3. The Hall–Kier alpha value is -1.79. The van der Waals surface area contributed by atoms with Crippen LogP contribution in [0, 0.1) is 0 Å².